The molecule has 0 fully saturated rings. The van der Waals surface area contributed by atoms with Gasteiger partial charge in [0, 0.05) is 23.8 Å². The lowest BCUT2D eigenvalue weighted by molar-refractivity contribution is -0.117. The van der Waals surface area contributed by atoms with Crippen molar-refractivity contribution in [2.24, 2.45) is 0 Å². The smallest absolute Gasteiger partial charge is 0.238 e. The topological polar surface area (TPSA) is 50.8 Å². The van der Waals surface area contributed by atoms with E-state index in [0.717, 1.165) is 30.0 Å². The number of nitrogens with one attached hydrogen (secondary N) is 1. The van der Waals surface area contributed by atoms with Crippen LogP contribution in [0, 0.1) is 6.92 Å². The van der Waals surface area contributed by atoms with Crippen LogP contribution in [0.2, 0.25) is 5.02 Å². The fourth-order valence-electron chi connectivity index (χ4n) is 3.20. The van der Waals surface area contributed by atoms with Gasteiger partial charge in [0.2, 0.25) is 5.91 Å². The highest BCUT2D eigenvalue weighted by Crippen LogP contribution is 2.33. The SMILES string of the molecule is COc1cc2c(cc1OC)CN(CC(=O)Nc1cc(Cl)ccc1C)CC2. The van der Waals surface area contributed by atoms with Crippen LogP contribution in [0.5, 0.6) is 11.5 Å². The van der Waals surface area contributed by atoms with Gasteiger partial charge in [0.05, 0.1) is 20.8 Å². The van der Waals surface area contributed by atoms with Crippen molar-refractivity contribution < 1.29 is 14.3 Å². The molecule has 0 saturated carbocycles. The summed E-state index contributed by atoms with van der Waals surface area (Å²) in [6.45, 7) is 3.81. The highest BCUT2D eigenvalue weighted by atomic mass is 35.5. The lowest BCUT2D eigenvalue weighted by atomic mass is 9.99. The summed E-state index contributed by atoms with van der Waals surface area (Å²) >= 11 is 6.02. The Balaban J connectivity index is 1.67. The summed E-state index contributed by atoms with van der Waals surface area (Å²) in [6, 6.07) is 9.52. The molecule has 1 amide bonds. The van der Waals surface area contributed by atoms with Crippen molar-refractivity contribution in [1.29, 1.82) is 0 Å². The summed E-state index contributed by atoms with van der Waals surface area (Å²) in [5.41, 5.74) is 4.15. The number of aryl methyl sites for hydroxylation is 1. The van der Waals surface area contributed by atoms with Crippen LogP contribution >= 0.6 is 11.6 Å². The number of benzene rings is 2. The van der Waals surface area contributed by atoms with Gasteiger partial charge >= 0.3 is 0 Å². The third kappa shape index (κ3) is 4.11. The average molecular weight is 375 g/mol. The summed E-state index contributed by atoms with van der Waals surface area (Å²) in [5, 5.41) is 3.56. The minimum absolute atomic E-state index is 0.0423. The minimum Gasteiger partial charge on any atom is -0.493 e. The number of ether oxygens (including phenoxy) is 2. The van der Waals surface area contributed by atoms with Gasteiger partial charge in [0.1, 0.15) is 0 Å². The number of hydrogen-bond acceptors (Lipinski definition) is 4. The first-order valence-electron chi connectivity index (χ1n) is 8.52. The standard InChI is InChI=1S/C20H23ClN2O3/c1-13-4-5-16(21)10-17(13)22-20(24)12-23-7-6-14-8-18(25-2)19(26-3)9-15(14)11-23/h4-5,8-10H,6-7,11-12H2,1-3H3,(H,22,24). The molecule has 1 aliphatic heterocycles. The fourth-order valence-corrected chi connectivity index (χ4v) is 3.37. The number of rotatable bonds is 5. The second-order valence-corrected chi connectivity index (χ2v) is 6.88. The number of fused-ring (bicyclic) bond motifs is 1. The van der Waals surface area contributed by atoms with Gasteiger partial charge in [-0.05, 0) is 54.3 Å². The Bertz CT molecular complexity index is 823. The molecule has 1 aliphatic rings. The second-order valence-electron chi connectivity index (χ2n) is 6.44. The molecule has 26 heavy (non-hydrogen) atoms. The number of hydrogen-bond donors (Lipinski definition) is 1. The fraction of sp³-hybridized carbons (Fsp3) is 0.350. The Kier molecular flexibility index (Phi) is 5.69. The molecule has 2 aromatic rings. The molecule has 5 nitrogen and oxygen atoms in total. The second kappa shape index (κ2) is 7.98. The lowest BCUT2D eigenvalue weighted by Gasteiger charge is -2.29. The molecule has 0 saturated heterocycles. The zero-order valence-electron chi connectivity index (χ0n) is 15.3. The van der Waals surface area contributed by atoms with Gasteiger partial charge < -0.3 is 14.8 Å². The quantitative estimate of drug-likeness (QED) is 0.867. The number of anilines is 1. The Labute approximate surface area is 158 Å². The Morgan fingerprint density at radius 3 is 2.54 bits per heavy atom. The van der Waals surface area contributed by atoms with Crippen LogP contribution in [-0.4, -0.2) is 38.1 Å². The maximum atomic E-state index is 12.4. The molecule has 3 rings (SSSR count). The van der Waals surface area contributed by atoms with Gasteiger partial charge in [-0.15, -0.1) is 0 Å². The number of carbonyl (C=O) groups is 1. The molecule has 0 unspecified atom stereocenters. The van der Waals surface area contributed by atoms with Crippen molar-refractivity contribution in [3.05, 3.63) is 52.0 Å². The average Bonchev–Trinajstić information content (AvgIpc) is 2.63. The van der Waals surface area contributed by atoms with E-state index in [4.69, 9.17) is 21.1 Å². The van der Waals surface area contributed by atoms with Crippen molar-refractivity contribution in [3.63, 3.8) is 0 Å². The largest absolute Gasteiger partial charge is 0.493 e. The van der Waals surface area contributed by atoms with Gasteiger partial charge in [-0.2, -0.15) is 0 Å². The maximum absolute atomic E-state index is 12.4. The zero-order chi connectivity index (χ0) is 18.7. The van der Waals surface area contributed by atoms with Crippen molar-refractivity contribution in [3.8, 4) is 11.5 Å². The molecule has 138 valence electrons. The van der Waals surface area contributed by atoms with E-state index in [1.807, 2.05) is 31.2 Å². The van der Waals surface area contributed by atoms with Crippen LogP contribution < -0.4 is 14.8 Å². The summed E-state index contributed by atoms with van der Waals surface area (Å²) in [7, 11) is 3.27. The summed E-state index contributed by atoms with van der Waals surface area (Å²) in [6.07, 6.45) is 0.874. The summed E-state index contributed by atoms with van der Waals surface area (Å²) < 4.78 is 10.8. The minimum atomic E-state index is -0.0423. The van der Waals surface area contributed by atoms with Gasteiger partial charge in [-0.3, -0.25) is 9.69 Å². The number of nitrogens with zero attached hydrogens (tertiary/aromatic N) is 1. The first kappa shape index (κ1) is 18.5. The maximum Gasteiger partial charge on any atom is 0.238 e. The van der Waals surface area contributed by atoms with E-state index in [2.05, 4.69) is 10.2 Å². The van der Waals surface area contributed by atoms with Crippen LogP contribution in [0.25, 0.3) is 0 Å². The van der Waals surface area contributed by atoms with Crippen LogP contribution in [-0.2, 0) is 17.8 Å². The number of halogens is 1. The van der Waals surface area contributed by atoms with Crippen molar-refractivity contribution in [1.82, 2.24) is 4.90 Å². The summed E-state index contributed by atoms with van der Waals surface area (Å²) in [5.74, 6) is 1.42. The predicted octanol–water partition coefficient (Wildman–Crippen LogP) is 3.66. The van der Waals surface area contributed by atoms with Crippen molar-refractivity contribution >= 4 is 23.2 Å². The molecular formula is C20H23ClN2O3. The summed E-state index contributed by atoms with van der Waals surface area (Å²) in [4.78, 5) is 14.6. The van der Waals surface area contributed by atoms with Gasteiger partial charge in [-0.1, -0.05) is 17.7 Å². The Hall–Kier alpha value is -2.24. The van der Waals surface area contributed by atoms with Crippen LogP contribution in [0.1, 0.15) is 16.7 Å². The first-order valence-corrected chi connectivity index (χ1v) is 8.90. The van der Waals surface area contributed by atoms with E-state index >= 15 is 0 Å². The monoisotopic (exact) mass is 374 g/mol. The Morgan fingerprint density at radius 2 is 1.85 bits per heavy atom. The van der Waals surface area contributed by atoms with Crippen LogP contribution in [0.3, 0.4) is 0 Å². The van der Waals surface area contributed by atoms with Crippen LogP contribution in [0.15, 0.2) is 30.3 Å². The third-order valence-electron chi connectivity index (χ3n) is 4.64. The number of amides is 1. The molecule has 1 heterocycles. The van der Waals surface area contributed by atoms with Gasteiger partial charge in [0.25, 0.3) is 0 Å². The van der Waals surface area contributed by atoms with E-state index in [9.17, 15) is 4.79 Å². The van der Waals surface area contributed by atoms with Gasteiger partial charge in [-0.25, -0.2) is 0 Å². The zero-order valence-corrected chi connectivity index (χ0v) is 16.0. The molecule has 0 aromatic heterocycles. The van der Waals surface area contributed by atoms with Crippen molar-refractivity contribution in [2.45, 2.75) is 19.9 Å². The van der Waals surface area contributed by atoms with E-state index < -0.39 is 0 Å². The Morgan fingerprint density at radius 1 is 1.15 bits per heavy atom. The van der Waals surface area contributed by atoms with E-state index in [-0.39, 0.29) is 5.91 Å². The van der Waals surface area contributed by atoms with E-state index in [1.54, 1.807) is 20.3 Å². The molecule has 1 N–H and O–H groups in total. The highest BCUT2D eigenvalue weighted by molar-refractivity contribution is 6.31. The number of methoxy groups -OCH3 is 2. The van der Waals surface area contributed by atoms with E-state index in [0.29, 0.717) is 23.9 Å². The van der Waals surface area contributed by atoms with E-state index in [1.165, 1.54) is 11.1 Å². The molecule has 6 heteroatoms. The molecule has 0 aliphatic carbocycles. The predicted molar refractivity (Wildman–Crippen MR) is 103 cm³/mol. The molecular weight excluding hydrogens is 352 g/mol. The number of carbonyl (C=O) groups excluding carboxylic acids is 1. The molecule has 2 aromatic carbocycles. The van der Waals surface area contributed by atoms with Gasteiger partial charge in [0.15, 0.2) is 11.5 Å². The molecule has 0 spiro atoms. The third-order valence-corrected chi connectivity index (χ3v) is 4.87. The molecule has 0 atom stereocenters. The van der Waals surface area contributed by atoms with Crippen LogP contribution in [0.4, 0.5) is 5.69 Å². The molecule has 0 bridgehead atoms. The highest BCUT2D eigenvalue weighted by Gasteiger charge is 2.21. The molecule has 0 radical (unpaired) electrons. The van der Waals surface area contributed by atoms with Crippen molar-refractivity contribution in [2.75, 3.05) is 32.6 Å². The first-order chi connectivity index (χ1) is 12.5. The normalized spacial score (nSPS) is 13.8. The lowest BCUT2D eigenvalue weighted by Crippen LogP contribution is -2.37.